The lowest BCUT2D eigenvalue weighted by Crippen LogP contribution is -2.47. The van der Waals surface area contributed by atoms with E-state index in [9.17, 15) is 9.59 Å². The molecule has 0 atom stereocenters. The summed E-state index contributed by atoms with van der Waals surface area (Å²) in [6.45, 7) is 3.46. The minimum Gasteiger partial charge on any atom is -0.329 e. The first kappa shape index (κ1) is 14.9. The highest BCUT2D eigenvalue weighted by atomic mass is 16.2. The Morgan fingerprint density at radius 2 is 2.09 bits per heavy atom. The van der Waals surface area contributed by atoms with Crippen LogP contribution in [0, 0.1) is 0 Å². The summed E-state index contributed by atoms with van der Waals surface area (Å²) in [6, 6.07) is 8.26. The highest BCUT2D eigenvalue weighted by Crippen LogP contribution is 2.27. The van der Waals surface area contributed by atoms with Gasteiger partial charge in [0.05, 0.1) is 6.54 Å². The van der Waals surface area contributed by atoms with E-state index in [2.05, 4.69) is 11.4 Å². The Morgan fingerprint density at radius 3 is 2.82 bits per heavy atom. The zero-order valence-electron chi connectivity index (χ0n) is 13.0. The van der Waals surface area contributed by atoms with Crippen LogP contribution < -0.4 is 10.2 Å². The number of fused-ring (bicyclic) bond motifs is 1. The second-order valence-electron chi connectivity index (χ2n) is 5.95. The number of benzene rings is 1. The van der Waals surface area contributed by atoms with Gasteiger partial charge in [-0.1, -0.05) is 18.2 Å². The molecule has 1 aromatic carbocycles. The molecule has 3 amide bonds. The third-order valence-electron chi connectivity index (χ3n) is 4.39. The smallest absolute Gasteiger partial charge is 0.318 e. The molecule has 22 heavy (non-hydrogen) atoms. The van der Waals surface area contributed by atoms with Crippen LogP contribution in [-0.2, 0) is 11.2 Å². The maximum Gasteiger partial charge on any atom is 0.318 e. The number of rotatable bonds is 4. The van der Waals surface area contributed by atoms with E-state index in [0.717, 1.165) is 37.9 Å². The maximum absolute atomic E-state index is 12.5. The molecule has 3 rings (SSSR count). The van der Waals surface area contributed by atoms with Gasteiger partial charge >= 0.3 is 6.03 Å². The van der Waals surface area contributed by atoms with Crippen LogP contribution in [0.5, 0.6) is 0 Å². The number of hydrogen-bond acceptors (Lipinski definition) is 2. The molecule has 118 valence electrons. The molecular weight excluding hydrogens is 278 g/mol. The number of nitrogens with one attached hydrogen (secondary N) is 1. The molecule has 5 nitrogen and oxygen atoms in total. The van der Waals surface area contributed by atoms with Crippen LogP contribution in [0.25, 0.3) is 0 Å². The Hall–Kier alpha value is -2.04. The summed E-state index contributed by atoms with van der Waals surface area (Å²) >= 11 is 0. The lowest BCUT2D eigenvalue weighted by Gasteiger charge is -2.30. The van der Waals surface area contributed by atoms with Crippen molar-refractivity contribution in [2.45, 2.75) is 38.6 Å². The molecular formula is C17H23N3O2. The minimum absolute atomic E-state index is 0.0349. The molecule has 0 radical (unpaired) electrons. The average molecular weight is 301 g/mol. The van der Waals surface area contributed by atoms with E-state index in [1.165, 1.54) is 5.56 Å². The Kier molecular flexibility index (Phi) is 4.32. The van der Waals surface area contributed by atoms with Gasteiger partial charge < -0.3 is 15.1 Å². The molecule has 0 spiro atoms. The summed E-state index contributed by atoms with van der Waals surface area (Å²) in [6.07, 6.45) is 4.14. The van der Waals surface area contributed by atoms with Crippen molar-refractivity contribution in [2.75, 3.05) is 24.5 Å². The molecule has 5 heteroatoms. The van der Waals surface area contributed by atoms with Gasteiger partial charge in [-0.15, -0.1) is 0 Å². The molecule has 1 aromatic rings. The van der Waals surface area contributed by atoms with E-state index in [0.29, 0.717) is 12.6 Å². The Bertz CT molecular complexity index is 569. The number of hydrogen-bond donors (Lipinski definition) is 1. The largest absolute Gasteiger partial charge is 0.329 e. The van der Waals surface area contributed by atoms with Crippen LogP contribution in [0.3, 0.4) is 0 Å². The molecule has 0 aromatic heterocycles. The van der Waals surface area contributed by atoms with Gasteiger partial charge in [0.2, 0.25) is 5.91 Å². The first-order valence-corrected chi connectivity index (χ1v) is 8.13. The number of para-hydroxylation sites is 1. The standard InChI is InChI=1S/C17H23N3O2/c1-2-19(14-9-10-14)17(22)18-12-16(21)20-11-5-7-13-6-3-4-8-15(13)20/h3-4,6,8,14H,2,5,7,9-12H2,1H3,(H,18,22). The number of carbonyl (C=O) groups excluding carboxylic acids is 2. The Balaban J connectivity index is 1.60. The molecule has 1 aliphatic heterocycles. The minimum atomic E-state index is -0.122. The summed E-state index contributed by atoms with van der Waals surface area (Å²) in [5.74, 6) is -0.0349. The van der Waals surface area contributed by atoms with Crippen LogP contribution in [0.15, 0.2) is 24.3 Å². The lowest BCUT2D eigenvalue weighted by molar-refractivity contribution is -0.117. The van der Waals surface area contributed by atoms with E-state index in [-0.39, 0.29) is 18.5 Å². The number of urea groups is 1. The van der Waals surface area contributed by atoms with Gasteiger partial charge in [-0.2, -0.15) is 0 Å². The Labute approximate surface area is 131 Å². The van der Waals surface area contributed by atoms with Gasteiger partial charge in [0, 0.05) is 24.8 Å². The van der Waals surface area contributed by atoms with Gasteiger partial charge in [-0.05, 0) is 44.2 Å². The van der Waals surface area contributed by atoms with Gasteiger partial charge in [0.15, 0.2) is 0 Å². The third kappa shape index (κ3) is 3.08. The number of nitrogens with zero attached hydrogens (tertiary/aromatic N) is 2. The van der Waals surface area contributed by atoms with E-state index in [1.54, 1.807) is 4.90 Å². The van der Waals surface area contributed by atoms with Crippen LogP contribution in [-0.4, -0.2) is 42.5 Å². The van der Waals surface area contributed by atoms with Crippen LogP contribution in [0.2, 0.25) is 0 Å². The lowest BCUT2D eigenvalue weighted by atomic mass is 10.0. The zero-order valence-corrected chi connectivity index (χ0v) is 13.0. The maximum atomic E-state index is 12.5. The number of carbonyl (C=O) groups is 2. The molecule has 1 fully saturated rings. The predicted octanol–water partition coefficient (Wildman–Crippen LogP) is 2.16. The van der Waals surface area contributed by atoms with Crippen molar-refractivity contribution in [3.8, 4) is 0 Å². The number of aryl methyl sites for hydroxylation is 1. The molecule has 0 bridgehead atoms. The van der Waals surface area contributed by atoms with Gasteiger partial charge in [-0.3, -0.25) is 4.79 Å². The second kappa shape index (κ2) is 6.38. The number of amides is 3. The highest BCUT2D eigenvalue weighted by molar-refractivity contribution is 5.97. The van der Waals surface area contributed by atoms with Gasteiger partial charge in [-0.25, -0.2) is 4.79 Å². The predicted molar refractivity (Wildman–Crippen MR) is 85.9 cm³/mol. The SMILES string of the molecule is CCN(C(=O)NCC(=O)N1CCCc2ccccc21)C1CC1. The Morgan fingerprint density at radius 1 is 1.32 bits per heavy atom. The van der Waals surface area contributed by atoms with Crippen molar-refractivity contribution in [2.24, 2.45) is 0 Å². The van der Waals surface area contributed by atoms with Crippen LogP contribution in [0.1, 0.15) is 31.7 Å². The topological polar surface area (TPSA) is 52.7 Å². The molecule has 1 heterocycles. The van der Waals surface area contributed by atoms with E-state index in [4.69, 9.17) is 0 Å². The normalized spacial score (nSPS) is 16.9. The zero-order chi connectivity index (χ0) is 15.5. The highest BCUT2D eigenvalue weighted by Gasteiger charge is 2.31. The van der Waals surface area contributed by atoms with Crippen molar-refractivity contribution in [3.63, 3.8) is 0 Å². The van der Waals surface area contributed by atoms with Gasteiger partial charge in [0.1, 0.15) is 0 Å². The fraction of sp³-hybridized carbons (Fsp3) is 0.529. The fourth-order valence-electron chi connectivity index (χ4n) is 3.09. The molecule has 0 unspecified atom stereocenters. The van der Waals surface area contributed by atoms with E-state index >= 15 is 0 Å². The third-order valence-corrected chi connectivity index (χ3v) is 4.39. The summed E-state index contributed by atoms with van der Waals surface area (Å²) < 4.78 is 0. The van der Waals surface area contributed by atoms with Crippen molar-refractivity contribution in [1.82, 2.24) is 10.2 Å². The first-order chi connectivity index (χ1) is 10.7. The summed E-state index contributed by atoms with van der Waals surface area (Å²) in [7, 11) is 0. The van der Waals surface area contributed by atoms with Gasteiger partial charge in [0.25, 0.3) is 0 Å². The van der Waals surface area contributed by atoms with Crippen LogP contribution in [0.4, 0.5) is 10.5 Å². The van der Waals surface area contributed by atoms with Crippen LogP contribution >= 0.6 is 0 Å². The molecule has 1 saturated carbocycles. The van der Waals surface area contributed by atoms with E-state index in [1.807, 2.05) is 30.0 Å². The first-order valence-electron chi connectivity index (χ1n) is 8.13. The van der Waals surface area contributed by atoms with E-state index < -0.39 is 0 Å². The quantitative estimate of drug-likeness (QED) is 0.926. The summed E-state index contributed by atoms with van der Waals surface area (Å²) in [4.78, 5) is 28.2. The average Bonchev–Trinajstić information content (AvgIpc) is 3.37. The number of anilines is 1. The van der Waals surface area contributed by atoms with Crippen molar-refractivity contribution in [3.05, 3.63) is 29.8 Å². The molecule has 2 aliphatic rings. The molecule has 1 N–H and O–H groups in total. The van der Waals surface area contributed by atoms with Crippen molar-refractivity contribution in [1.29, 1.82) is 0 Å². The summed E-state index contributed by atoms with van der Waals surface area (Å²) in [5.41, 5.74) is 2.20. The molecule has 0 saturated heterocycles. The monoisotopic (exact) mass is 301 g/mol. The van der Waals surface area contributed by atoms with Crippen molar-refractivity contribution >= 4 is 17.6 Å². The molecule has 1 aliphatic carbocycles. The second-order valence-corrected chi connectivity index (χ2v) is 5.95. The summed E-state index contributed by atoms with van der Waals surface area (Å²) in [5, 5.41) is 2.78. The fourth-order valence-corrected chi connectivity index (χ4v) is 3.09. The van der Waals surface area contributed by atoms with Crippen molar-refractivity contribution < 1.29 is 9.59 Å².